The summed E-state index contributed by atoms with van der Waals surface area (Å²) in [6, 6.07) is 0. The van der Waals surface area contributed by atoms with Crippen molar-refractivity contribution in [3.63, 3.8) is 0 Å². The second-order valence-corrected chi connectivity index (χ2v) is 7.43. The zero-order valence-corrected chi connectivity index (χ0v) is 16.8. The van der Waals surface area contributed by atoms with Crippen LogP contribution in [0.25, 0.3) is 0 Å². The molecule has 0 spiro atoms. The van der Waals surface area contributed by atoms with E-state index >= 15 is 0 Å². The van der Waals surface area contributed by atoms with E-state index in [1.807, 2.05) is 0 Å². The number of carbonyl (C=O) groups excluding carboxylic acids is 1. The van der Waals surface area contributed by atoms with Gasteiger partial charge in [0.2, 0.25) is 5.91 Å². The number of nitrogens with one attached hydrogen (secondary N) is 1. The van der Waals surface area contributed by atoms with Crippen molar-refractivity contribution in [2.45, 2.75) is 40.5 Å². The summed E-state index contributed by atoms with van der Waals surface area (Å²) >= 11 is 1.69. The molecule has 0 bridgehead atoms. The van der Waals surface area contributed by atoms with Crippen LogP contribution in [0.4, 0.5) is 0 Å². The number of carbonyl (C=O) groups is 1. The molecule has 24 heavy (non-hydrogen) atoms. The van der Waals surface area contributed by atoms with Gasteiger partial charge in [0.25, 0.3) is 0 Å². The van der Waals surface area contributed by atoms with Crippen molar-refractivity contribution in [2.75, 3.05) is 57.7 Å². The summed E-state index contributed by atoms with van der Waals surface area (Å²) in [5, 5.41) is 2.86. The Morgan fingerprint density at radius 1 is 0.958 bits per heavy atom. The topological polar surface area (TPSA) is 56.8 Å². The summed E-state index contributed by atoms with van der Waals surface area (Å²) in [5.41, 5.74) is 0. The molecule has 0 saturated carbocycles. The fourth-order valence-corrected chi connectivity index (χ4v) is 2.69. The first kappa shape index (κ1) is 23.7. The molecule has 0 saturated heterocycles. The molecular weight excluding hydrogens is 326 g/mol. The Morgan fingerprint density at radius 3 is 2.12 bits per heavy atom. The summed E-state index contributed by atoms with van der Waals surface area (Å²) in [4.78, 5) is 11.6. The number of hydrogen-bond acceptors (Lipinski definition) is 5. The van der Waals surface area contributed by atoms with Crippen LogP contribution >= 0.6 is 11.8 Å². The molecule has 5 nitrogen and oxygen atoms in total. The van der Waals surface area contributed by atoms with Gasteiger partial charge in [0.15, 0.2) is 0 Å². The van der Waals surface area contributed by atoms with E-state index in [2.05, 4.69) is 33.0 Å². The normalized spacial score (nSPS) is 12.5. The Hall–Kier alpha value is -0.300. The van der Waals surface area contributed by atoms with Gasteiger partial charge in [-0.05, 0) is 24.0 Å². The predicted molar refractivity (Wildman–Crippen MR) is 102 cm³/mol. The van der Waals surface area contributed by atoms with E-state index < -0.39 is 0 Å². The molecule has 0 rings (SSSR count). The predicted octanol–water partition coefficient (Wildman–Crippen LogP) is 2.98. The second kappa shape index (κ2) is 17.5. The number of thioether (sulfide) groups is 1. The van der Waals surface area contributed by atoms with Crippen LogP contribution in [0.5, 0.6) is 0 Å². The number of rotatable bonds is 17. The van der Waals surface area contributed by atoms with Gasteiger partial charge in [0.05, 0.1) is 38.8 Å². The molecule has 1 atom stereocenters. The standard InChI is InChI=1S/C18H37NO4S/c1-5-17(4)14-24-15-18(20)19-7-9-22-11-13-23-12-10-21-8-6-16(2)3/h16-17H,5-15H2,1-4H3,(H,19,20). The molecule has 144 valence electrons. The number of ether oxygens (including phenoxy) is 3. The van der Waals surface area contributed by atoms with Gasteiger partial charge in [-0.1, -0.05) is 34.1 Å². The fourth-order valence-electron chi connectivity index (χ4n) is 1.65. The Morgan fingerprint density at radius 2 is 1.54 bits per heavy atom. The Kier molecular flexibility index (Phi) is 17.3. The Labute approximate surface area is 152 Å². The van der Waals surface area contributed by atoms with Gasteiger partial charge < -0.3 is 19.5 Å². The summed E-state index contributed by atoms with van der Waals surface area (Å²) in [7, 11) is 0. The van der Waals surface area contributed by atoms with Crippen LogP contribution in [-0.2, 0) is 19.0 Å². The molecule has 0 aliphatic heterocycles. The average Bonchev–Trinajstić information content (AvgIpc) is 2.55. The van der Waals surface area contributed by atoms with Crippen molar-refractivity contribution in [2.24, 2.45) is 11.8 Å². The van der Waals surface area contributed by atoms with Crippen LogP contribution in [0.2, 0.25) is 0 Å². The molecule has 1 amide bonds. The van der Waals surface area contributed by atoms with Crippen LogP contribution in [-0.4, -0.2) is 63.6 Å². The fraction of sp³-hybridized carbons (Fsp3) is 0.944. The molecule has 0 aromatic carbocycles. The molecule has 1 unspecified atom stereocenters. The van der Waals surface area contributed by atoms with E-state index in [-0.39, 0.29) is 5.91 Å². The lowest BCUT2D eigenvalue weighted by atomic mass is 10.1. The first-order valence-electron chi connectivity index (χ1n) is 9.13. The maximum Gasteiger partial charge on any atom is 0.230 e. The minimum absolute atomic E-state index is 0.0849. The van der Waals surface area contributed by atoms with Crippen molar-refractivity contribution in [1.82, 2.24) is 5.32 Å². The third kappa shape index (κ3) is 18.0. The van der Waals surface area contributed by atoms with Crippen LogP contribution in [0.15, 0.2) is 0 Å². The highest BCUT2D eigenvalue weighted by molar-refractivity contribution is 7.99. The van der Waals surface area contributed by atoms with Crippen LogP contribution < -0.4 is 5.32 Å². The highest BCUT2D eigenvalue weighted by atomic mass is 32.2. The van der Waals surface area contributed by atoms with Gasteiger partial charge in [-0.2, -0.15) is 11.8 Å². The van der Waals surface area contributed by atoms with Crippen molar-refractivity contribution >= 4 is 17.7 Å². The minimum Gasteiger partial charge on any atom is -0.379 e. The quantitative estimate of drug-likeness (QED) is 0.403. The maximum absolute atomic E-state index is 11.6. The molecular formula is C18H37NO4S. The lowest BCUT2D eigenvalue weighted by Gasteiger charge is -2.09. The average molecular weight is 364 g/mol. The van der Waals surface area contributed by atoms with E-state index in [4.69, 9.17) is 14.2 Å². The molecule has 0 fully saturated rings. The highest BCUT2D eigenvalue weighted by Crippen LogP contribution is 2.10. The summed E-state index contributed by atoms with van der Waals surface area (Å²) in [6.45, 7) is 13.0. The minimum atomic E-state index is 0.0849. The van der Waals surface area contributed by atoms with E-state index in [1.165, 1.54) is 0 Å². The molecule has 0 aliphatic carbocycles. The van der Waals surface area contributed by atoms with Gasteiger partial charge in [0, 0.05) is 13.2 Å². The summed E-state index contributed by atoms with van der Waals surface area (Å²) in [6.07, 6.45) is 2.25. The monoisotopic (exact) mass is 363 g/mol. The SMILES string of the molecule is CCC(C)CSCC(=O)NCCOCCOCCOCCC(C)C. The maximum atomic E-state index is 11.6. The van der Waals surface area contributed by atoms with Crippen molar-refractivity contribution in [3.8, 4) is 0 Å². The van der Waals surface area contributed by atoms with Gasteiger partial charge in [0.1, 0.15) is 0 Å². The lowest BCUT2D eigenvalue weighted by molar-refractivity contribution is -0.118. The van der Waals surface area contributed by atoms with Gasteiger partial charge in [-0.3, -0.25) is 4.79 Å². The van der Waals surface area contributed by atoms with Gasteiger partial charge in [-0.15, -0.1) is 0 Å². The second-order valence-electron chi connectivity index (χ2n) is 6.40. The van der Waals surface area contributed by atoms with E-state index in [0.717, 1.165) is 25.2 Å². The molecule has 0 heterocycles. The molecule has 1 N–H and O–H groups in total. The molecule has 0 aliphatic rings. The zero-order chi connectivity index (χ0) is 18.0. The molecule has 6 heteroatoms. The van der Waals surface area contributed by atoms with E-state index in [1.54, 1.807) is 11.8 Å². The highest BCUT2D eigenvalue weighted by Gasteiger charge is 2.03. The largest absolute Gasteiger partial charge is 0.379 e. The van der Waals surface area contributed by atoms with Gasteiger partial charge >= 0.3 is 0 Å². The van der Waals surface area contributed by atoms with Crippen molar-refractivity contribution in [1.29, 1.82) is 0 Å². The van der Waals surface area contributed by atoms with E-state index in [0.29, 0.717) is 57.2 Å². The molecule has 0 radical (unpaired) electrons. The number of hydrogen-bond donors (Lipinski definition) is 1. The first-order chi connectivity index (χ1) is 11.6. The third-order valence-electron chi connectivity index (χ3n) is 3.48. The van der Waals surface area contributed by atoms with Gasteiger partial charge in [-0.25, -0.2) is 0 Å². The summed E-state index contributed by atoms with van der Waals surface area (Å²) in [5.74, 6) is 3.01. The first-order valence-corrected chi connectivity index (χ1v) is 10.3. The van der Waals surface area contributed by atoms with Crippen LogP contribution in [0.1, 0.15) is 40.5 Å². The molecule has 0 aromatic heterocycles. The van der Waals surface area contributed by atoms with Crippen LogP contribution in [0.3, 0.4) is 0 Å². The third-order valence-corrected chi connectivity index (χ3v) is 4.76. The lowest BCUT2D eigenvalue weighted by Crippen LogP contribution is -2.29. The van der Waals surface area contributed by atoms with Crippen molar-refractivity contribution in [3.05, 3.63) is 0 Å². The Bertz CT molecular complexity index is 290. The van der Waals surface area contributed by atoms with Crippen molar-refractivity contribution < 1.29 is 19.0 Å². The zero-order valence-electron chi connectivity index (χ0n) is 16.0. The van der Waals surface area contributed by atoms with Crippen LogP contribution in [0, 0.1) is 11.8 Å². The number of amides is 1. The smallest absolute Gasteiger partial charge is 0.230 e. The van der Waals surface area contributed by atoms with E-state index in [9.17, 15) is 4.79 Å². The Balaban J connectivity index is 3.18. The molecule has 0 aromatic rings. The summed E-state index contributed by atoms with van der Waals surface area (Å²) < 4.78 is 16.3.